The quantitative estimate of drug-likeness (QED) is 0.558. The lowest BCUT2D eigenvalue weighted by atomic mass is 10.1. The number of benzene rings is 1. The van der Waals surface area contributed by atoms with Crippen molar-refractivity contribution in [3.8, 4) is 0 Å². The van der Waals surface area contributed by atoms with Gasteiger partial charge in [0.25, 0.3) is 5.91 Å². The van der Waals surface area contributed by atoms with Gasteiger partial charge < -0.3 is 10.1 Å². The van der Waals surface area contributed by atoms with Gasteiger partial charge in [-0.05, 0) is 26.3 Å². The lowest BCUT2D eigenvalue weighted by molar-refractivity contribution is -0.126. The Morgan fingerprint density at radius 2 is 1.81 bits per heavy atom. The van der Waals surface area contributed by atoms with Crippen LogP contribution < -0.4 is 16.2 Å². The fourth-order valence-electron chi connectivity index (χ4n) is 1.54. The van der Waals surface area contributed by atoms with Gasteiger partial charge in [-0.25, -0.2) is 4.79 Å². The van der Waals surface area contributed by atoms with Crippen LogP contribution in [0.5, 0.6) is 0 Å². The van der Waals surface area contributed by atoms with Crippen LogP contribution in [-0.4, -0.2) is 24.0 Å². The lowest BCUT2D eigenvalue weighted by Gasteiger charge is -2.23. The maximum atomic E-state index is 12.0. The molecule has 1 rings (SSSR count). The molecule has 114 valence electrons. The van der Waals surface area contributed by atoms with Crippen LogP contribution in [0, 0.1) is 0 Å². The molecule has 3 N–H and O–H groups in total. The molecule has 1 unspecified atom stereocenters. The van der Waals surface area contributed by atoms with Gasteiger partial charge >= 0.3 is 6.09 Å². The summed E-state index contributed by atoms with van der Waals surface area (Å²) < 4.78 is 5.12. The lowest BCUT2D eigenvalue weighted by Crippen LogP contribution is -2.46. The largest absolute Gasteiger partial charge is 0.444 e. The number of carbonyl (C=O) groups excluding carboxylic acids is 3. The maximum Gasteiger partial charge on any atom is 0.408 e. The molecule has 7 heteroatoms. The summed E-state index contributed by atoms with van der Waals surface area (Å²) >= 11 is 0. The smallest absolute Gasteiger partial charge is 0.408 e. The molecule has 0 saturated carbocycles. The first-order valence-corrected chi connectivity index (χ1v) is 6.37. The van der Waals surface area contributed by atoms with Gasteiger partial charge in [0.05, 0.1) is 0 Å². The number of carbonyl (C=O) groups is 3. The molecule has 0 aliphatic carbocycles. The maximum absolute atomic E-state index is 12.0. The summed E-state index contributed by atoms with van der Waals surface area (Å²) in [5.41, 5.74) is 4.11. The van der Waals surface area contributed by atoms with Gasteiger partial charge in [0.1, 0.15) is 11.6 Å². The van der Waals surface area contributed by atoms with Crippen molar-refractivity contribution in [2.75, 3.05) is 0 Å². The number of hydrazine groups is 1. The van der Waals surface area contributed by atoms with Crippen LogP contribution in [0.25, 0.3) is 0 Å². The molecule has 1 aromatic carbocycles. The van der Waals surface area contributed by atoms with E-state index in [1.54, 1.807) is 51.1 Å². The van der Waals surface area contributed by atoms with E-state index in [-0.39, 0.29) is 0 Å². The van der Waals surface area contributed by atoms with Crippen LogP contribution in [0.1, 0.15) is 32.4 Å². The Morgan fingerprint density at radius 1 is 1.19 bits per heavy atom. The average molecular weight is 293 g/mol. The number of rotatable bonds is 5. The van der Waals surface area contributed by atoms with Gasteiger partial charge in [-0.3, -0.25) is 20.4 Å². The number of nitrogens with one attached hydrogen (secondary N) is 3. The molecule has 0 fully saturated rings. The highest BCUT2D eigenvalue weighted by molar-refractivity contribution is 5.87. The van der Waals surface area contributed by atoms with E-state index in [9.17, 15) is 14.4 Å². The minimum Gasteiger partial charge on any atom is -0.444 e. The average Bonchev–Trinajstić information content (AvgIpc) is 2.41. The zero-order valence-corrected chi connectivity index (χ0v) is 12.2. The van der Waals surface area contributed by atoms with E-state index in [2.05, 4.69) is 10.7 Å². The molecule has 3 amide bonds. The standard InChI is InChI=1S/C14H19N3O4/c1-14(2,3)21-13(20)16-11(12(19)17-15-9-18)10-7-5-4-6-8-10/h4-9,11H,1-3H3,(H,15,18)(H,16,20)(H,17,19). The van der Waals surface area contributed by atoms with Crippen LogP contribution in [-0.2, 0) is 14.3 Å². The van der Waals surface area contributed by atoms with Crippen molar-refractivity contribution >= 4 is 18.4 Å². The van der Waals surface area contributed by atoms with E-state index in [4.69, 9.17) is 4.74 Å². The van der Waals surface area contributed by atoms with Gasteiger partial charge in [0.15, 0.2) is 0 Å². The van der Waals surface area contributed by atoms with Crippen molar-refractivity contribution in [3.63, 3.8) is 0 Å². The second-order valence-corrected chi connectivity index (χ2v) is 5.24. The molecule has 0 aliphatic rings. The summed E-state index contributed by atoms with van der Waals surface area (Å²) in [6.07, 6.45) is -0.398. The molecule has 1 aromatic rings. The highest BCUT2D eigenvalue weighted by atomic mass is 16.6. The second-order valence-electron chi connectivity index (χ2n) is 5.24. The Kier molecular flexibility index (Phi) is 5.71. The highest BCUT2D eigenvalue weighted by Gasteiger charge is 2.25. The van der Waals surface area contributed by atoms with Gasteiger partial charge in [0.2, 0.25) is 6.41 Å². The van der Waals surface area contributed by atoms with Crippen LogP contribution in [0.2, 0.25) is 0 Å². The minimum atomic E-state index is -0.978. The first kappa shape index (κ1) is 16.5. The first-order chi connectivity index (χ1) is 9.83. The van der Waals surface area contributed by atoms with Crippen LogP contribution in [0.15, 0.2) is 30.3 Å². The molecular weight excluding hydrogens is 274 g/mol. The summed E-state index contributed by atoms with van der Waals surface area (Å²) in [4.78, 5) is 34.1. The molecule has 7 nitrogen and oxygen atoms in total. The summed E-state index contributed by atoms with van der Waals surface area (Å²) in [5, 5.41) is 2.47. The Labute approximate surface area is 123 Å². The third-order valence-corrected chi connectivity index (χ3v) is 2.31. The van der Waals surface area contributed by atoms with Crippen molar-refractivity contribution in [1.29, 1.82) is 0 Å². The zero-order chi connectivity index (χ0) is 15.9. The molecule has 0 radical (unpaired) electrons. The van der Waals surface area contributed by atoms with E-state index in [1.807, 2.05) is 5.43 Å². The Hall–Kier alpha value is -2.57. The molecule has 0 spiro atoms. The van der Waals surface area contributed by atoms with Crippen molar-refractivity contribution in [2.24, 2.45) is 0 Å². The molecule has 0 aromatic heterocycles. The Morgan fingerprint density at radius 3 is 2.33 bits per heavy atom. The zero-order valence-electron chi connectivity index (χ0n) is 12.2. The van der Waals surface area contributed by atoms with Crippen LogP contribution in [0.4, 0.5) is 4.79 Å². The fourth-order valence-corrected chi connectivity index (χ4v) is 1.54. The van der Waals surface area contributed by atoms with Gasteiger partial charge in [-0.2, -0.15) is 0 Å². The minimum absolute atomic E-state index is 0.327. The number of alkyl carbamates (subject to hydrolysis) is 1. The number of ether oxygens (including phenoxy) is 1. The third kappa shape index (κ3) is 5.94. The van der Waals surface area contributed by atoms with Gasteiger partial charge in [-0.15, -0.1) is 0 Å². The monoisotopic (exact) mass is 293 g/mol. The predicted molar refractivity (Wildman–Crippen MR) is 75.9 cm³/mol. The summed E-state index contributed by atoms with van der Waals surface area (Å²) in [6, 6.07) is 7.65. The molecule has 0 bridgehead atoms. The van der Waals surface area contributed by atoms with E-state index in [0.29, 0.717) is 12.0 Å². The number of hydrogen-bond acceptors (Lipinski definition) is 4. The normalized spacial score (nSPS) is 12.0. The van der Waals surface area contributed by atoms with E-state index in [1.165, 1.54) is 0 Å². The highest BCUT2D eigenvalue weighted by Crippen LogP contribution is 2.14. The van der Waals surface area contributed by atoms with Gasteiger partial charge in [0, 0.05) is 0 Å². The molecule has 0 aliphatic heterocycles. The Balaban J connectivity index is 2.85. The van der Waals surface area contributed by atoms with Crippen LogP contribution in [0.3, 0.4) is 0 Å². The third-order valence-electron chi connectivity index (χ3n) is 2.31. The summed E-state index contributed by atoms with van der Waals surface area (Å²) in [7, 11) is 0. The van der Waals surface area contributed by atoms with Crippen molar-refractivity contribution in [3.05, 3.63) is 35.9 Å². The van der Waals surface area contributed by atoms with E-state index in [0.717, 1.165) is 0 Å². The molecule has 1 atom stereocenters. The number of amides is 3. The van der Waals surface area contributed by atoms with Crippen molar-refractivity contribution < 1.29 is 19.1 Å². The fraction of sp³-hybridized carbons (Fsp3) is 0.357. The number of hydrogen-bond donors (Lipinski definition) is 3. The van der Waals surface area contributed by atoms with E-state index < -0.39 is 23.6 Å². The topological polar surface area (TPSA) is 96.5 Å². The van der Waals surface area contributed by atoms with E-state index >= 15 is 0 Å². The summed E-state index contributed by atoms with van der Waals surface area (Å²) in [6.45, 7) is 5.16. The van der Waals surface area contributed by atoms with Gasteiger partial charge in [-0.1, -0.05) is 30.3 Å². The van der Waals surface area contributed by atoms with Crippen molar-refractivity contribution in [2.45, 2.75) is 32.4 Å². The first-order valence-electron chi connectivity index (χ1n) is 6.37. The molecule has 0 saturated heterocycles. The molecular formula is C14H19N3O4. The summed E-state index contributed by atoms with van der Waals surface area (Å²) in [5.74, 6) is -0.584. The predicted octanol–water partition coefficient (Wildman–Crippen LogP) is 1.03. The SMILES string of the molecule is CC(C)(C)OC(=O)NC(C(=O)NNC=O)c1ccccc1. The Bertz CT molecular complexity index is 497. The van der Waals surface area contributed by atoms with Crippen molar-refractivity contribution in [1.82, 2.24) is 16.2 Å². The van der Waals surface area contributed by atoms with Crippen LogP contribution >= 0.6 is 0 Å². The molecule has 21 heavy (non-hydrogen) atoms. The molecule has 0 heterocycles. The second kappa shape index (κ2) is 7.28.